The van der Waals surface area contributed by atoms with Crippen LogP contribution in [-0.4, -0.2) is 64.6 Å². The first-order chi connectivity index (χ1) is 14.0. The fourth-order valence-corrected chi connectivity index (χ4v) is 4.01. The fraction of sp³-hybridized carbons (Fsp3) is 0.348. The minimum absolute atomic E-state index is 0.172. The zero-order valence-electron chi connectivity index (χ0n) is 16.8. The van der Waals surface area contributed by atoms with Crippen molar-refractivity contribution in [1.82, 2.24) is 14.7 Å². The van der Waals surface area contributed by atoms with Crippen LogP contribution in [0.1, 0.15) is 38.8 Å². The smallest absolute Gasteiger partial charge is 0.262 e. The van der Waals surface area contributed by atoms with Crippen LogP contribution in [0.3, 0.4) is 0 Å². The number of carbonyl (C=O) groups excluding carboxylic acids is 3. The lowest BCUT2D eigenvalue weighted by atomic mass is 10.1. The van der Waals surface area contributed by atoms with Crippen LogP contribution in [0.25, 0.3) is 0 Å². The van der Waals surface area contributed by atoms with Crippen LogP contribution in [-0.2, 0) is 11.3 Å². The van der Waals surface area contributed by atoms with Crippen molar-refractivity contribution in [3.05, 3.63) is 70.8 Å². The minimum Gasteiger partial charge on any atom is -0.338 e. The number of imide groups is 1. The molecular weight excluding hydrogens is 366 g/mol. The van der Waals surface area contributed by atoms with E-state index in [0.29, 0.717) is 24.2 Å². The van der Waals surface area contributed by atoms with Crippen molar-refractivity contribution >= 4 is 17.7 Å². The lowest BCUT2D eigenvalue weighted by Gasteiger charge is -2.37. The van der Waals surface area contributed by atoms with E-state index >= 15 is 0 Å². The second-order valence-corrected chi connectivity index (χ2v) is 7.79. The number of piperazine rings is 1. The minimum atomic E-state index is -0.800. The second-order valence-electron chi connectivity index (χ2n) is 7.79. The maximum Gasteiger partial charge on any atom is 0.262 e. The quantitative estimate of drug-likeness (QED) is 0.751. The highest BCUT2D eigenvalue weighted by Gasteiger charge is 2.42. The number of hydrogen-bond acceptors (Lipinski definition) is 4. The summed E-state index contributed by atoms with van der Waals surface area (Å²) in [6.07, 6.45) is 0. The molecule has 1 atom stereocenters. The first kappa shape index (κ1) is 19.3. The molecule has 1 fully saturated rings. The van der Waals surface area contributed by atoms with Gasteiger partial charge in [0.1, 0.15) is 6.04 Å². The van der Waals surface area contributed by atoms with E-state index in [4.69, 9.17) is 0 Å². The van der Waals surface area contributed by atoms with Crippen molar-refractivity contribution in [3.63, 3.8) is 0 Å². The third kappa shape index (κ3) is 3.68. The first-order valence-electron chi connectivity index (χ1n) is 9.99. The molecule has 0 aromatic heterocycles. The molecule has 2 aliphatic rings. The van der Waals surface area contributed by atoms with Crippen molar-refractivity contribution in [2.75, 3.05) is 26.2 Å². The molecule has 6 nitrogen and oxygen atoms in total. The molecule has 2 heterocycles. The van der Waals surface area contributed by atoms with E-state index in [9.17, 15) is 14.4 Å². The Bertz CT molecular complexity index is 911. The third-order valence-corrected chi connectivity index (χ3v) is 5.78. The average molecular weight is 391 g/mol. The largest absolute Gasteiger partial charge is 0.338 e. The van der Waals surface area contributed by atoms with Gasteiger partial charge in [-0.15, -0.1) is 0 Å². The van der Waals surface area contributed by atoms with Crippen LogP contribution in [0.4, 0.5) is 0 Å². The van der Waals surface area contributed by atoms with E-state index in [1.807, 2.05) is 0 Å². The Kier molecular flexibility index (Phi) is 5.20. The normalized spacial score (nSPS) is 18.1. The molecule has 1 saturated heterocycles. The summed E-state index contributed by atoms with van der Waals surface area (Å²) in [7, 11) is 0. The molecular formula is C23H25N3O3. The lowest BCUT2D eigenvalue weighted by Crippen LogP contribution is -2.55. The molecule has 0 N–H and O–H groups in total. The molecule has 2 aromatic rings. The maximum absolute atomic E-state index is 13.0. The molecule has 0 bridgehead atoms. The van der Waals surface area contributed by atoms with Gasteiger partial charge in [0.05, 0.1) is 11.1 Å². The van der Waals surface area contributed by atoms with E-state index in [1.165, 1.54) is 11.1 Å². The van der Waals surface area contributed by atoms with E-state index in [2.05, 4.69) is 36.1 Å². The predicted molar refractivity (Wildman–Crippen MR) is 109 cm³/mol. The highest BCUT2D eigenvalue weighted by Crippen LogP contribution is 2.25. The molecule has 2 aromatic carbocycles. The molecule has 0 saturated carbocycles. The van der Waals surface area contributed by atoms with Gasteiger partial charge in [-0.3, -0.25) is 24.2 Å². The molecule has 4 rings (SSSR count). The number of fused-ring (bicyclic) bond motifs is 1. The summed E-state index contributed by atoms with van der Waals surface area (Å²) in [6, 6.07) is 14.4. The predicted octanol–water partition coefficient (Wildman–Crippen LogP) is 2.32. The molecule has 29 heavy (non-hydrogen) atoms. The summed E-state index contributed by atoms with van der Waals surface area (Å²) in [5.41, 5.74) is 3.25. The fourth-order valence-electron chi connectivity index (χ4n) is 4.01. The van der Waals surface area contributed by atoms with Crippen LogP contribution >= 0.6 is 0 Å². The molecule has 0 radical (unpaired) electrons. The van der Waals surface area contributed by atoms with Crippen LogP contribution in [0, 0.1) is 6.92 Å². The Morgan fingerprint density at radius 1 is 0.897 bits per heavy atom. The zero-order chi connectivity index (χ0) is 20.5. The average Bonchev–Trinajstić information content (AvgIpc) is 3.00. The number of nitrogens with zero attached hydrogens (tertiary/aromatic N) is 3. The van der Waals surface area contributed by atoms with E-state index in [0.717, 1.165) is 24.5 Å². The monoisotopic (exact) mass is 391 g/mol. The topological polar surface area (TPSA) is 60.9 Å². The highest BCUT2D eigenvalue weighted by molar-refractivity contribution is 6.22. The molecule has 1 unspecified atom stereocenters. The SMILES string of the molecule is Cc1ccc(CN2CCN(C(=O)C(C)N3C(=O)c4ccccc4C3=O)CC2)cc1. The Morgan fingerprint density at radius 3 is 2.00 bits per heavy atom. The number of benzene rings is 2. The summed E-state index contributed by atoms with van der Waals surface area (Å²) in [6.45, 7) is 7.31. The van der Waals surface area contributed by atoms with Gasteiger partial charge in [-0.05, 0) is 31.5 Å². The van der Waals surface area contributed by atoms with Gasteiger partial charge in [-0.2, -0.15) is 0 Å². The van der Waals surface area contributed by atoms with Crippen LogP contribution in [0.5, 0.6) is 0 Å². The van der Waals surface area contributed by atoms with Gasteiger partial charge in [0.2, 0.25) is 5.91 Å². The van der Waals surface area contributed by atoms with Crippen LogP contribution in [0.15, 0.2) is 48.5 Å². The number of rotatable bonds is 4. The standard InChI is InChI=1S/C23H25N3O3/c1-16-7-9-18(10-8-16)15-24-11-13-25(14-12-24)21(27)17(2)26-22(28)19-5-3-4-6-20(19)23(26)29/h3-10,17H,11-15H2,1-2H3. The van der Waals surface area contributed by atoms with Crippen molar-refractivity contribution in [1.29, 1.82) is 0 Å². The Morgan fingerprint density at radius 2 is 1.45 bits per heavy atom. The first-order valence-corrected chi connectivity index (χ1v) is 9.99. The number of hydrogen-bond donors (Lipinski definition) is 0. The summed E-state index contributed by atoms with van der Waals surface area (Å²) >= 11 is 0. The van der Waals surface area contributed by atoms with Crippen LogP contribution in [0.2, 0.25) is 0 Å². The number of amides is 3. The van der Waals surface area contributed by atoms with E-state index in [-0.39, 0.29) is 17.7 Å². The summed E-state index contributed by atoms with van der Waals surface area (Å²) in [5.74, 6) is -0.941. The van der Waals surface area contributed by atoms with Crippen molar-refractivity contribution in [3.8, 4) is 0 Å². The van der Waals surface area contributed by atoms with Gasteiger partial charge in [0.15, 0.2) is 0 Å². The van der Waals surface area contributed by atoms with Crippen molar-refractivity contribution in [2.45, 2.75) is 26.4 Å². The highest BCUT2D eigenvalue weighted by atomic mass is 16.2. The molecule has 3 amide bonds. The zero-order valence-corrected chi connectivity index (χ0v) is 16.8. The van der Waals surface area contributed by atoms with Crippen molar-refractivity contribution < 1.29 is 14.4 Å². The van der Waals surface area contributed by atoms with E-state index in [1.54, 1.807) is 36.1 Å². The van der Waals surface area contributed by atoms with Gasteiger partial charge in [0, 0.05) is 32.7 Å². The molecule has 150 valence electrons. The number of carbonyl (C=O) groups is 3. The van der Waals surface area contributed by atoms with Gasteiger partial charge in [-0.25, -0.2) is 0 Å². The molecule has 0 spiro atoms. The van der Waals surface area contributed by atoms with Gasteiger partial charge in [-0.1, -0.05) is 42.0 Å². The molecule has 2 aliphatic heterocycles. The summed E-state index contributed by atoms with van der Waals surface area (Å²) in [5, 5.41) is 0. The summed E-state index contributed by atoms with van der Waals surface area (Å²) < 4.78 is 0. The van der Waals surface area contributed by atoms with Gasteiger partial charge in [0.25, 0.3) is 11.8 Å². The molecule has 6 heteroatoms. The van der Waals surface area contributed by atoms with E-state index < -0.39 is 6.04 Å². The van der Waals surface area contributed by atoms with Gasteiger partial charge >= 0.3 is 0 Å². The lowest BCUT2D eigenvalue weighted by molar-refractivity contribution is -0.136. The second kappa shape index (κ2) is 7.79. The Hall–Kier alpha value is -2.99. The molecule has 0 aliphatic carbocycles. The third-order valence-electron chi connectivity index (χ3n) is 5.78. The summed E-state index contributed by atoms with van der Waals surface area (Å²) in [4.78, 5) is 43.5. The Balaban J connectivity index is 1.37. The van der Waals surface area contributed by atoms with Gasteiger partial charge < -0.3 is 4.90 Å². The van der Waals surface area contributed by atoms with Crippen LogP contribution < -0.4 is 0 Å². The maximum atomic E-state index is 13.0. The Labute approximate surface area is 170 Å². The van der Waals surface area contributed by atoms with Crippen molar-refractivity contribution in [2.24, 2.45) is 0 Å². The number of aryl methyl sites for hydroxylation is 1.